The topological polar surface area (TPSA) is 49.3 Å². The normalized spacial score (nSPS) is 12.7. The summed E-state index contributed by atoms with van der Waals surface area (Å²) in [4.78, 5) is 11.5. The first kappa shape index (κ1) is 14.0. The van der Waals surface area contributed by atoms with Crippen LogP contribution in [0, 0.1) is 0 Å². The maximum atomic E-state index is 11.5. The van der Waals surface area contributed by atoms with Crippen LogP contribution in [-0.2, 0) is 4.79 Å². The molecule has 100 valence electrons. The standard InChI is InChI=1S/C14H15NO2S2/c16-13(12-5-8-19-10-12)3-6-15-14(17)2-1-11-4-7-18-9-11/h1-2,4-5,7-10,13,16H,3,6H2,(H,15,17)/b2-1+/t13-/m0/s1. The average molecular weight is 293 g/mol. The van der Waals surface area contributed by atoms with E-state index < -0.39 is 6.10 Å². The average Bonchev–Trinajstić information content (AvgIpc) is 3.09. The summed E-state index contributed by atoms with van der Waals surface area (Å²) in [6.45, 7) is 0.462. The number of rotatable bonds is 6. The summed E-state index contributed by atoms with van der Waals surface area (Å²) in [6, 6.07) is 3.85. The Morgan fingerprint density at radius 3 is 2.79 bits per heavy atom. The molecule has 3 nitrogen and oxygen atoms in total. The lowest BCUT2D eigenvalue weighted by atomic mass is 10.1. The summed E-state index contributed by atoms with van der Waals surface area (Å²) in [5.41, 5.74) is 1.94. The Morgan fingerprint density at radius 1 is 1.32 bits per heavy atom. The van der Waals surface area contributed by atoms with Crippen molar-refractivity contribution < 1.29 is 9.90 Å². The molecular weight excluding hydrogens is 278 g/mol. The number of thiophene rings is 2. The number of hydrogen-bond donors (Lipinski definition) is 2. The SMILES string of the molecule is O=C(/C=C/c1ccsc1)NCC[C@H](O)c1ccsc1. The lowest BCUT2D eigenvalue weighted by molar-refractivity contribution is -0.116. The van der Waals surface area contributed by atoms with E-state index in [2.05, 4.69) is 5.32 Å². The smallest absolute Gasteiger partial charge is 0.244 e. The van der Waals surface area contributed by atoms with Gasteiger partial charge in [-0.05, 0) is 57.3 Å². The van der Waals surface area contributed by atoms with Crippen molar-refractivity contribution in [2.75, 3.05) is 6.54 Å². The Labute approximate surface area is 120 Å². The highest BCUT2D eigenvalue weighted by atomic mass is 32.1. The second-order valence-electron chi connectivity index (χ2n) is 4.04. The van der Waals surface area contributed by atoms with Crippen LogP contribution in [0.3, 0.4) is 0 Å². The zero-order valence-electron chi connectivity index (χ0n) is 10.3. The molecule has 5 heteroatoms. The van der Waals surface area contributed by atoms with Gasteiger partial charge >= 0.3 is 0 Å². The van der Waals surface area contributed by atoms with Crippen LogP contribution in [0.5, 0.6) is 0 Å². The van der Waals surface area contributed by atoms with E-state index in [0.717, 1.165) is 11.1 Å². The van der Waals surface area contributed by atoms with Crippen molar-refractivity contribution in [3.8, 4) is 0 Å². The number of amides is 1. The van der Waals surface area contributed by atoms with Crippen molar-refractivity contribution in [3.05, 3.63) is 50.9 Å². The zero-order valence-corrected chi connectivity index (χ0v) is 11.9. The van der Waals surface area contributed by atoms with E-state index in [1.807, 2.05) is 33.7 Å². The van der Waals surface area contributed by atoms with Gasteiger partial charge in [0, 0.05) is 12.6 Å². The number of carbonyl (C=O) groups is 1. The molecule has 0 saturated carbocycles. The van der Waals surface area contributed by atoms with Crippen LogP contribution in [0.1, 0.15) is 23.7 Å². The van der Waals surface area contributed by atoms with Crippen LogP contribution in [0.15, 0.2) is 39.7 Å². The molecule has 0 spiro atoms. The van der Waals surface area contributed by atoms with Crippen LogP contribution < -0.4 is 5.32 Å². The third-order valence-corrected chi connectivity index (χ3v) is 4.02. The van der Waals surface area contributed by atoms with E-state index in [1.165, 1.54) is 6.08 Å². The Balaban J connectivity index is 1.69. The van der Waals surface area contributed by atoms with Gasteiger partial charge in [-0.25, -0.2) is 0 Å². The molecule has 0 aliphatic carbocycles. The zero-order chi connectivity index (χ0) is 13.5. The van der Waals surface area contributed by atoms with Crippen molar-refractivity contribution in [1.29, 1.82) is 0 Å². The fourth-order valence-corrected chi connectivity index (χ4v) is 2.90. The fourth-order valence-electron chi connectivity index (χ4n) is 1.56. The fraction of sp³-hybridized carbons (Fsp3) is 0.214. The Kier molecular flexibility index (Phi) is 5.32. The predicted octanol–water partition coefficient (Wildman–Crippen LogP) is 3.06. The minimum absolute atomic E-state index is 0.135. The molecule has 2 N–H and O–H groups in total. The molecule has 2 aromatic rings. The second-order valence-corrected chi connectivity index (χ2v) is 5.60. The second kappa shape index (κ2) is 7.23. The van der Waals surface area contributed by atoms with Crippen molar-refractivity contribution in [2.24, 2.45) is 0 Å². The van der Waals surface area contributed by atoms with Gasteiger partial charge in [-0.15, -0.1) is 0 Å². The molecule has 0 bridgehead atoms. The van der Waals surface area contributed by atoms with Crippen LogP contribution in [-0.4, -0.2) is 17.6 Å². The van der Waals surface area contributed by atoms with Gasteiger partial charge in [-0.1, -0.05) is 0 Å². The molecule has 2 heterocycles. The number of hydrogen-bond acceptors (Lipinski definition) is 4. The van der Waals surface area contributed by atoms with E-state index in [0.29, 0.717) is 13.0 Å². The first-order valence-corrected chi connectivity index (χ1v) is 7.82. The third kappa shape index (κ3) is 4.63. The number of carbonyl (C=O) groups excluding carboxylic acids is 1. The molecule has 1 atom stereocenters. The summed E-state index contributed by atoms with van der Waals surface area (Å²) in [5, 5.41) is 20.4. The van der Waals surface area contributed by atoms with Crippen molar-refractivity contribution in [1.82, 2.24) is 5.32 Å². The minimum atomic E-state index is -0.507. The largest absolute Gasteiger partial charge is 0.388 e. The van der Waals surface area contributed by atoms with Gasteiger partial charge in [-0.3, -0.25) is 4.79 Å². The Bertz CT molecular complexity index is 518. The highest BCUT2D eigenvalue weighted by molar-refractivity contribution is 7.08. The first-order chi connectivity index (χ1) is 9.25. The maximum absolute atomic E-state index is 11.5. The maximum Gasteiger partial charge on any atom is 0.244 e. The Hall–Kier alpha value is -1.43. The van der Waals surface area contributed by atoms with E-state index >= 15 is 0 Å². The predicted molar refractivity (Wildman–Crippen MR) is 80.3 cm³/mol. The van der Waals surface area contributed by atoms with E-state index in [9.17, 15) is 9.90 Å². The minimum Gasteiger partial charge on any atom is -0.388 e. The summed E-state index contributed by atoms with van der Waals surface area (Å²) >= 11 is 3.15. The van der Waals surface area contributed by atoms with Gasteiger partial charge in [0.1, 0.15) is 0 Å². The molecule has 0 aliphatic heterocycles. The quantitative estimate of drug-likeness (QED) is 0.804. The molecule has 0 unspecified atom stereocenters. The first-order valence-electron chi connectivity index (χ1n) is 5.94. The lowest BCUT2D eigenvalue weighted by Gasteiger charge is -2.08. The lowest BCUT2D eigenvalue weighted by Crippen LogP contribution is -2.23. The van der Waals surface area contributed by atoms with Gasteiger partial charge in [0.25, 0.3) is 0 Å². The van der Waals surface area contributed by atoms with Crippen LogP contribution >= 0.6 is 22.7 Å². The van der Waals surface area contributed by atoms with Crippen molar-refractivity contribution in [3.63, 3.8) is 0 Å². The monoisotopic (exact) mass is 293 g/mol. The summed E-state index contributed by atoms with van der Waals surface area (Å²) in [6.07, 6.45) is 3.31. The van der Waals surface area contributed by atoms with Gasteiger partial charge in [-0.2, -0.15) is 22.7 Å². The molecule has 1 amide bonds. The molecule has 0 radical (unpaired) electrons. The van der Waals surface area contributed by atoms with Crippen molar-refractivity contribution >= 4 is 34.7 Å². The molecule has 2 aromatic heterocycles. The van der Waals surface area contributed by atoms with Gasteiger partial charge in [0.2, 0.25) is 5.91 Å². The molecule has 0 aromatic carbocycles. The molecular formula is C14H15NO2S2. The highest BCUT2D eigenvalue weighted by Crippen LogP contribution is 2.18. The van der Waals surface area contributed by atoms with Gasteiger partial charge < -0.3 is 10.4 Å². The van der Waals surface area contributed by atoms with Crippen molar-refractivity contribution in [2.45, 2.75) is 12.5 Å². The van der Waals surface area contributed by atoms with Gasteiger partial charge in [0.05, 0.1) is 6.10 Å². The van der Waals surface area contributed by atoms with E-state index in [4.69, 9.17) is 0 Å². The van der Waals surface area contributed by atoms with Crippen LogP contribution in [0.25, 0.3) is 6.08 Å². The van der Waals surface area contributed by atoms with Gasteiger partial charge in [0.15, 0.2) is 0 Å². The number of aliphatic hydroxyl groups excluding tert-OH is 1. The number of aliphatic hydroxyl groups is 1. The summed E-state index contributed by atoms with van der Waals surface area (Å²) in [7, 11) is 0. The van der Waals surface area contributed by atoms with E-state index in [1.54, 1.807) is 28.7 Å². The van der Waals surface area contributed by atoms with E-state index in [-0.39, 0.29) is 5.91 Å². The molecule has 2 rings (SSSR count). The molecule has 0 saturated heterocycles. The summed E-state index contributed by atoms with van der Waals surface area (Å²) in [5.74, 6) is -0.135. The molecule has 0 fully saturated rings. The van der Waals surface area contributed by atoms with Crippen LogP contribution in [0.2, 0.25) is 0 Å². The highest BCUT2D eigenvalue weighted by Gasteiger charge is 2.07. The van der Waals surface area contributed by atoms with Crippen LogP contribution in [0.4, 0.5) is 0 Å². The Morgan fingerprint density at radius 2 is 2.11 bits per heavy atom. The summed E-state index contributed by atoms with van der Waals surface area (Å²) < 4.78 is 0. The number of nitrogens with one attached hydrogen (secondary N) is 1. The molecule has 0 aliphatic rings. The third-order valence-electron chi connectivity index (χ3n) is 2.62. The molecule has 19 heavy (non-hydrogen) atoms.